The second kappa shape index (κ2) is 9.84. The Labute approximate surface area is 178 Å². The van der Waals surface area contributed by atoms with Crippen LogP contribution in [-0.4, -0.2) is 29.1 Å². The van der Waals surface area contributed by atoms with Gasteiger partial charge < -0.3 is 19.9 Å². The van der Waals surface area contributed by atoms with E-state index in [-0.39, 0.29) is 29.9 Å². The summed E-state index contributed by atoms with van der Waals surface area (Å²) in [6.45, 7) is 3.10. The minimum atomic E-state index is -0.553. The largest absolute Gasteiger partial charge is 0.497 e. The smallest absolute Gasteiger partial charge is 0.249 e. The number of amides is 2. The van der Waals surface area contributed by atoms with Crippen LogP contribution in [0.25, 0.3) is 11.4 Å². The van der Waals surface area contributed by atoms with E-state index in [0.717, 1.165) is 5.56 Å². The van der Waals surface area contributed by atoms with Gasteiger partial charge in [-0.2, -0.15) is 4.98 Å². The van der Waals surface area contributed by atoms with Crippen LogP contribution in [0, 0.1) is 5.82 Å². The Balaban J connectivity index is 1.66. The number of carbonyl (C=O) groups excluding carboxylic acids is 2. The van der Waals surface area contributed by atoms with Gasteiger partial charge >= 0.3 is 0 Å². The molecule has 0 fully saturated rings. The number of benzene rings is 2. The van der Waals surface area contributed by atoms with E-state index < -0.39 is 12.1 Å². The summed E-state index contributed by atoms with van der Waals surface area (Å²) in [7, 11) is 1.56. The van der Waals surface area contributed by atoms with Crippen molar-refractivity contribution in [1.29, 1.82) is 0 Å². The van der Waals surface area contributed by atoms with Crippen LogP contribution in [0.5, 0.6) is 5.75 Å². The number of methoxy groups -OCH3 is 1. The fourth-order valence-corrected chi connectivity index (χ4v) is 3.01. The van der Waals surface area contributed by atoms with E-state index in [0.29, 0.717) is 17.1 Å². The molecule has 2 atom stereocenters. The SMILES string of the molecule is COc1ccc(C(CC(=O)NC(C)c2nc(-c3ccc(F)cc3)no2)NC(C)=O)cc1. The Morgan fingerprint density at radius 2 is 1.77 bits per heavy atom. The number of aromatic nitrogens is 2. The molecule has 0 aliphatic carbocycles. The van der Waals surface area contributed by atoms with Crippen LogP contribution >= 0.6 is 0 Å². The van der Waals surface area contributed by atoms with Crippen LogP contribution in [-0.2, 0) is 9.59 Å². The third-order valence-corrected chi connectivity index (χ3v) is 4.58. The summed E-state index contributed by atoms with van der Waals surface area (Å²) >= 11 is 0. The second-order valence-corrected chi connectivity index (χ2v) is 6.98. The zero-order valence-electron chi connectivity index (χ0n) is 17.4. The van der Waals surface area contributed by atoms with Gasteiger partial charge in [0.2, 0.25) is 23.5 Å². The van der Waals surface area contributed by atoms with Gasteiger partial charge in [0.05, 0.1) is 19.6 Å². The highest BCUT2D eigenvalue weighted by Gasteiger charge is 2.21. The van der Waals surface area contributed by atoms with Gasteiger partial charge in [0.25, 0.3) is 0 Å². The van der Waals surface area contributed by atoms with Crippen LogP contribution in [0.2, 0.25) is 0 Å². The van der Waals surface area contributed by atoms with Crippen molar-refractivity contribution in [2.24, 2.45) is 0 Å². The Morgan fingerprint density at radius 3 is 2.39 bits per heavy atom. The molecule has 2 unspecified atom stereocenters. The van der Waals surface area contributed by atoms with Crippen molar-refractivity contribution >= 4 is 11.8 Å². The molecule has 9 heteroatoms. The number of nitrogens with one attached hydrogen (secondary N) is 2. The molecular weight excluding hydrogens is 403 g/mol. The van der Waals surface area contributed by atoms with E-state index in [9.17, 15) is 14.0 Å². The van der Waals surface area contributed by atoms with Crippen molar-refractivity contribution < 1.29 is 23.2 Å². The zero-order valence-corrected chi connectivity index (χ0v) is 17.4. The maximum atomic E-state index is 13.1. The molecule has 0 radical (unpaired) electrons. The van der Waals surface area contributed by atoms with Gasteiger partial charge in [-0.1, -0.05) is 17.3 Å². The Bertz CT molecular complexity index is 1030. The van der Waals surface area contributed by atoms with E-state index in [1.807, 2.05) is 0 Å². The fraction of sp³-hybridized carbons (Fsp3) is 0.273. The van der Waals surface area contributed by atoms with Gasteiger partial charge in [0, 0.05) is 12.5 Å². The number of nitrogens with zero attached hydrogens (tertiary/aromatic N) is 2. The molecule has 2 amide bonds. The van der Waals surface area contributed by atoms with Gasteiger partial charge in [-0.25, -0.2) is 4.39 Å². The van der Waals surface area contributed by atoms with Crippen molar-refractivity contribution in [1.82, 2.24) is 20.8 Å². The zero-order chi connectivity index (χ0) is 22.4. The van der Waals surface area contributed by atoms with E-state index >= 15 is 0 Å². The fourth-order valence-electron chi connectivity index (χ4n) is 3.01. The molecule has 1 aromatic heterocycles. The van der Waals surface area contributed by atoms with Gasteiger partial charge in [0.1, 0.15) is 17.6 Å². The van der Waals surface area contributed by atoms with E-state index in [1.54, 1.807) is 50.4 Å². The molecule has 0 saturated carbocycles. The normalized spacial score (nSPS) is 12.6. The predicted octanol–water partition coefficient (Wildman–Crippen LogP) is 3.33. The van der Waals surface area contributed by atoms with E-state index in [1.165, 1.54) is 19.1 Å². The lowest BCUT2D eigenvalue weighted by atomic mass is 10.0. The third kappa shape index (κ3) is 5.88. The second-order valence-electron chi connectivity index (χ2n) is 6.98. The first-order chi connectivity index (χ1) is 14.9. The van der Waals surface area contributed by atoms with Crippen molar-refractivity contribution in [2.45, 2.75) is 32.4 Å². The molecule has 2 N–H and O–H groups in total. The van der Waals surface area contributed by atoms with Crippen molar-refractivity contribution in [3.05, 3.63) is 65.8 Å². The first-order valence-corrected chi connectivity index (χ1v) is 9.65. The summed E-state index contributed by atoms with van der Waals surface area (Å²) < 4.78 is 23.5. The van der Waals surface area contributed by atoms with E-state index in [2.05, 4.69) is 20.8 Å². The van der Waals surface area contributed by atoms with Gasteiger partial charge in [0.15, 0.2) is 0 Å². The van der Waals surface area contributed by atoms with Gasteiger partial charge in [-0.3, -0.25) is 9.59 Å². The molecule has 0 aliphatic rings. The topological polar surface area (TPSA) is 106 Å². The van der Waals surface area contributed by atoms with Crippen LogP contribution in [0.4, 0.5) is 4.39 Å². The number of hydrogen-bond acceptors (Lipinski definition) is 6. The van der Waals surface area contributed by atoms with Gasteiger partial charge in [-0.05, 0) is 48.9 Å². The first-order valence-electron chi connectivity index (χ1n) is 9.65. The molecule has 31 heavy (non-hydrogen) atoms. The van der Waals surface area contributed by atoms with E-state index in [4.69, 9.17) is 9.26 Å². The molecule has 162 valence electrons. The van der Waals surface area contributed by atoms with Crippen LogP contribution in [0.1, 0.15) is 43.8 Å². The minimum absolute atomic E-state index is 0.0230. The van der Waals surface area contributed by atoms with Crippen LogP contribution in [0.15, 0.2) is 53.1 Å². The maximum Gasteiger partial charge on any atom is 0.249 e. The summed E-state index contributed by atoms with van der Waals surface area (Å²) in [5, 5.41) is 9.46. The molecular formula is C22H23FN4O4. The summed E-state index contributed by atoms with van der Waals surface area (Å²) in [6, 6.07) is 11.7. The summed E-state index contributed by atoms with van der Waals surface area (Å²) in [6.07, 6.45) is 0.0230. The predicted molar refractivity (Wildman–Crippen MR) is 110 cm³/mol. The number of halogens is 1. The molecule has 0 bridgehead atoms. The Kier molecular flexibility index (Phi) is 6.96. The molecule has 0 aliphatic heterocycles. The lowest BCUT2D eigenvalue weighted by Crippen LogP contribution is -2.33. The maximum absolute atomic E-state index is 13.1. The molecule has 0 saturated heterocycles. The van der Waals surface area contributed by atoms with Crippen LogP contribution in [0.3, 0.4) is 0 Å². The van der Waals surface area contributed by atoms with Crippen molar-refractivity contribution in [3.8, 4) is 17.1 Å². The van der Waals surface area contributed by atoms with Crippen molar-refractivity contribution in [3.63, 3.8) is 0 Å². The highest BCUT2D eigenvalue weighted by atomic mass is 19.1. The Hall–Kier alpha value is -3.75. The molecule has 3 aromatic rings. The summed E-state index contributed by atoms with van der Waals surface area (Å²) in [4.78, 5) is 28.5. The lowest BCUT2D eigenvalue weighted by molar-refractivity contribution is -0.123. The number of ether oxygens (including phenoxy) is 1. The Morgan fingerprint density at radius 1 is 1.10 bits per heavy atom. The average molecular weight is 426 g/mol. The molecule has 3 rings (SSSR count). The minimum Gasteiger partial charge on any atom is -0.497 e. The van der Waals surface area contributed by atoms with Crippen LogP contribution < -0.4 is 15.4 Å². The first kappa shape index (κ1) is 21.9. The van der Waals surface area contributed by atoms with Crippen molar-refractivity contribution in [2.75, 3.05) is 7.11 Å². The standard InChI is InChI=1S/C22H23FN4O4/c1-13(22-26-21(27-31-22)16-4-8-17(23)9-5-16)24-20(29)12-19(25-14(2)28)15-6-10-18(30-3)11-7-15/h4-11,13,19H,12H2,1-3H3,(H,24,29)(H,25,28). The quantitative estimate of drug-likeness (QED) is 0.572. The highest BCUT2D eigenvalue weighted by molar-refractivity contribution is 5.79. The van der Waals surface area contributed by atoms with Gasteiger partial charge in [-0.15, -0.1) is 0 Å². The molecule has 1 heterocycles. The molecule has 2 aromatic carbocycles. The summed E-state index contributed by atoms with van der Waals surface area (Å²) in [5.41, 5.74) is 1.37. The third-order valence-electron chi connectivity index (χ3n) is 4.58. The number of rotatable bonds is 8. The number of carbonyl (C=O) groups is 2. The molecule has 0 spiro atoms. The highest BCUT2D eigenvalue weighted by Crippen LogP contribution is 2.22. The molecule has 8 nitrogen and oxygen atoms in total. The lowest BCUT2D eigenvalue weighted by Gasteiger charge is -2.19. The monoisotopic (exact) mass is 426 g/mol. The average Bonchev–Trinajstić information content (AvgIpc) is 3.24. The number of hydrogen-bond donors (Lipinski definition) is 2. The summed E-state index contributed by atoms with van der Waals surface area (Å²) in [5.74, 6) is 0.278.